The number of hydrogen-bond acceptors (Lipinski definition) is 3. The largest absolute Gasteiger partial charge is 1.00 e. The van der Waals surface area contributed by atoms with Crippen LogP contribution in [-0.2, 0) is 23.0 Å². The van der Waals surface area contributed by atoms with Gasteiger partial charge < -0.3 is 4.55 Å². The number of unbranched alkanes of at least 4 members (excludes halogenated alkanes) is 16. The molecule has 0 aliphatic rings. The molecule has 0 aliphatic carbocycles. The minimum absolute atomic E-state index is 0. The molecule has 0 radical (unpaired) electrons. The fourth-order valence-electron chi connectivity index (χ4n) is 5.32. The van der Waals surface area contributed by atoms with Crippen LogP contribution in [0.4, 0.5) is 0 Å². The average Bonchev–Trinajstić information content (AvgIpc) is 2.85. The predicted molar refractivity (Wildman–Crippen MR) is 154 cm³/mol. The van der Waals surface area contributed by atoms with E-state index in [1.54, 1.807) is 6.07 Å². The molecule has 0 aliphatic heterocycles. The van der Waals surface area contributed by atoms with Crippen LogP contribution in [0.5, 0.6) is 0 Å². The summed E-state index contributed by atoms with van der Waals surface area (Å²) in [6.45, 7) is 4.49. The van der Waals surface area contributed by atoms with Gasteiger partial charge in [0, 0.05) is 0 Å². The number of fused-ring (bicyclic) bond motifs is 1. The quantitative estimate of drug-likeness (QED) is 0.0987. The number of hydrogen-bond donors (Lipinski definition) is 0. The van der Waals surface area contributed by atoms with Crippen LogP contribution >= 0.6 is 0 Å². The molecule has 0 amide bonds. The van der Waals surface area contributed by atoms with Crippen LogP contribution in [0.1, 0.15) is 141 Å². The smallest absolute Gasteiger partial charge is 0.744 e. The van der Waals surface area contributed by atoms with Crippen molar-refractivity contribution in [1.29, 1.82) is 0 Å². The van der Waals surface area contributed by atoms with Gasteiger partial charge in [-0.2, -0.15) is 0 Å². The number of aryl methyl sites for hydroxylation is 2. The third-order valence-electron chi connectivity index (χ3n) is 7.52. The van der Waals surface area contributed by atoms with Crippen molar-refractivity contribution in [1.82, 2.24) is 0 Å². The average molecular weight is 539 g/mol. The normalized spacial score (nSPS) is 11.6. The summed E-state index contributed by atoms with van der Waals surface area (Å²) in [6, 6.07) is 9.85. The minimum atomic E-state index is -4.49. The van der Waals surface area contributed by atoms with Gasteiger partial charge in [0.15, 0.2) is 0 Å². The summed E-state index contributed by atoms with van der Waals surface area (Å²) in [5.41, 5.74) is 1.86. The predicted octanol–water partition coefficient (Wildman–Crippen LogP) is 6.89. The molecule has 0 aromatic heterocycles. The molecule has 0 unspecified atom stereocenters. The fourth-order valence-corrected chi connectivity index (χ4v) is 6.06. The Morgan fingerprint density at radius 2 is 1.03 bits per heavy atom. The van der Waals surface area contributed by atoms with Crippen molar-refractivity contribution in [3.63, 3.8) is 0 Å². The number of rotatable bonds is 21. The Morgan fingerprint density at radius 1 is 0.595 bits per heavy atom. The third kappa shape index (κ3) is 14.0. The molecule has 0 atom stereocenters. The first kappa shape index (κ1) is 34.6. The standard InChI is InChI=1S/C32H52O3S.Na/c1-3-5-7-9-11-13-15-17-19-22-28-24-21-25-29-26-30(32(27-31(28)29)36(33,34)35)23-20-18-16-14-12-10-8-6-4-2;/h21,24-27H,3-20,22-23H2,1-2H3,(H,33,34,35);/q;+1/p-1. The van der Waals surface area contributed by atoms with Gasteiger partial charge in [0.1, 0.15) is 10.1 Å². The zero-order valence-electron chi connectivity index (χ0n) is 24.2. The van der Waals surface area contributed by atoms with Gasteiger partial charge in [-0.05, 0) is 59.7 Å². The van der Waals surface area contributed by atoms with Crippen LogP contribution in [0.25, 0.3) is 10.8 Å². The summed E-state index contributed by atoms with van der Waals surface area (Å²) in [7, 11) is -4.49. The van der Waals surface area contributed by atoms with Crippen molar-refractivity contribution >= 4 is 20.9 Å². The van der Waals surface area contributed by atoms with Crippen molar-refractivity contribution in [2.24, 2.45) is 0 Å². The first-order chi connectivity index (χ1) is 17.5. The zero-order valence-corrected chi connectivity index (χ0v) is 27.0. The summed E-state index contributed by atoms with van der Waals surface area (Å²) in [4.78, 5) is -0.00547. The molecule has 0 N–H and O–H groups in total. The topological polar surface area (TPSA) is 57.2 Å². The van der Waals surface area contributed by atoms with E-state index < -0.39 is 10.1 Å². The van der Waals surface area contributed by atoms with Gasteiger partial charge in [-0.15, -0.1) is 0 Å². The second-order valence-corrected chi connectivity index (χ2v) is 12.1. The van der Waals surface area contributed by atoms with Crippen LogP contribution in [0.2, 0.25) is 0 Å². The Balaban J connectivity index is 0.00000684. The van der Waals surface area contributed by atoms with Gasteiger partial charge in [-0.25, -0.2) is 8.42 Å². The second-order valence-electron chi connectivity index (χ2n) is 10.7. The van der Waals surface area contributed by atoms with Gasteiger partial charge in [0.05, 0.1) is 4.90 Å². The van der Waals surface area contributed by atoms with Crippen LogP contribution in [0.3, 0.4) is 0 Å². The molecule has 0 spiro atoms. The monoisotopic (exact) mass is 538 g/mol. The Labute approximate surface area is 250 Å². The minimum Gasteiger partial charge on any atom is -0.744 e. The zero-order chi connectivity index (χ0) is 26.1. The van der Waals surface area contributed by atoms with E-state index in [-0.39, 0.29) is 34.5 Å². The summed E-state index contributed by atoms with van der Waals surface area (Å²) in [6.07, 6.45) is 24.1. The van der Waals surface area contributed by atoms with E-state index >= 15 is 0 Å². The second kappa shape index (κ2) is 20.5. The Hall–Kier alpha value is -0.390. The summed E-state index contributed by atoms with van der Waals surface area (Å²) in [5, 5.41) is 1.99. The molecule has 0 fully saturated rings. The van der Waals surface area contributed by atoms with E-state index in [0.29, 0.717) is 12.0 Å². The van der Waals surface area contributed by atoms with Gasteiger partial charge in [0.25, 0.3) is 0 Å². The maximum absolute atomic E-state index is 12.1. The molecule has 2 aromatic carbocycles. The molecule has 2 rings (SSSR count). The van der Waals surface area contributed by atoms with Gasteiger partial charge in [-0.3, -0.25) is 0 Å². The van der Waals surface area contributed by atoms with Crippen molar-refractivity contribution in [3.05, 3.63) is 41.5 Å². The van der Waals surface area contributed by atoms with E-state index in [4.69, 9.17) is 0 Å². The molecule has 5 heteroatoms. The van der Waals surface area contributed by atoms with Crippen LogP contribution in [-0.4, -0.2) is 13.0 Å². The number of benzene rings is 2. The maximum atomic E-state index is 12.1. The van der Waals surface area contributed by atoms with Crippen LogP contribution in [0, 0.1) is 0 Å². The molecular formula is C32H51NaO3S. The van der Waals surface area contributed by atoms with Crippen molar-refractivity contribution in [2.75, 3.05) is 0 Å². The third-order valence-corrected chi connectivity index (χ3v) is 8.44. The van der Waals surface area contributed by atoms with Gasteiger partial charge >= 0.3 is 29.6 Å². The van der Waals surface area contributed by atoms with E-state index in [2.05, 4.69) is 32.0 Å². The molecule has 2 aromatic rings. The van der Waals surface area contributed by atoms with Crippen LogP contribution < -0.4 is 29.6 Å². The Morgan fingerprint density at radius 3 is 1.49 bits per heavy atom. The molecule has 0 saturated carbocycles. The maximum Gasteiger partial charge on any atom is 1.00 e. The van der Waals surface area contributed by atoms with E-state index in [1.807, 2.05) is 6.07 Å². The first-order valence-corrected chi connectivity index (χ1v) is 16.4. The Bertz CT molecular complexity index is 971. The molecule has 0 saturated heterocycles. The van der Waals surface area contributed by atoms with E-state index in [0.717, 1.165) is 42.0 Å². The summed E-state index contributed by atoms with van der Waals surface area (Å²) >= 11 is 0. The molecule has 37 heavy (non-hydrogen) atoms. The van der Waals surface area contributed by atoms with E-state index in [9.17, 15) is 13.0 Å². The van der Waals surface area contributed by atoms with Gasteiger partial charge in [0.2, 0.25) is 0 Å². The summed E-state index contributed by atoms with van der Waals surface area (Å²) in [5.74, 6) is 0. The molecule has 3 nitrogen and oxygen atoms in total. The molecule has 0 heterocycles. The van der Waals surface area contributed by atoms with Gasteiger partial charge in [-0.1, -0.05) is 135 Å². The molecular weight excluding hydrogens is 487 g/mol. The van der Waals surface area contributed by atoms with Crippen molar-refractivity contribution in [3.8, 4) is 0 Å². The summed E-state index contributed by atoms with van der Waals surface area (Å²) < 4.78 is 36.4. The van der Waals surface area contributed by atoms with Crippen molar-refractivity contribution in [2.45, 2.75) is 147 Å². The van der Waals surface area contributed by atoms with E-state index in [1.165, 1.54) is 96.3 Å². The van der Waals surface area contributed by atoms with Crippen molar-refractivity contribution < 1.29 is 42.5 Å². The Kier molecular flexibility index (Phi) is 19.2. The molecule has 0 bridgehead atoms. The molecule has 204 valence electrons. The van der Waals surface area contributed by atoms with Crippen LogP contribution in [0.15, 0.2) is 35.2 Å². The SMILES string of the molecule is CCCCCCCCCCCc1cc2cccc(CCCCCCCCCCC)c2cc1S(=O)(=O)[O-].[Na+]. The fraction of sp³-hybridized carbons (Fsp3) is 0.688. The first-order valence-electron chi connectivity index (χ1n) is 15.0.